The van der Waals surface area contributed by atoms with Crippen molar-refractivity contribution < 1.29 is 0 Å². The molecule has 2 aromatic heterocycles. The second-order valence-electron chi connectivity index (χ2n) is 8.18. The molecule has 2 saturated heterocycles. The molecule has 4 rings (SSSR count). The van der Waals surface area contributed by atoms with Crippen LogP contribution >= 0.6 is 11.3 Å². The Morgan fingerprint density at radius 1 is 0.926 bits per heavy atom. The van der Waals surface area contributed by atoms with Crippen molar-refractivity contribution in [2.24, 2.45) is 7.05 Å². The van der Waals surface area contributed by atoms with Gasteiger partial charge in [0.25, 0.3) is 0 Å². The molecular weight excluding hydrogens is 356 g/mol. The molecule has 2 aliphatic rings. The molecule has 27 heavy (non-hydrogen) atoms. The maximum atomic E-state index is 4.59. The van der Waals surface area contributed by atoms with Crippen LogP contribution in [0.25, 0.3) is 0 Å². The van der Waals surface area contributed by atoms with Gasteiger partial charge < -0.3 is 9.47 Å². The zero-order valence-electron chi connectivity index (χ0n) is 16.9. The molecule has 0 unspecified atom stereocenters. The van der Waals surface area contributed by atoms with Gasteiger partial charge in [-0.1, -0.05) is 0 Å². The van der Waals surface area contributed by atoms with E-state index in [1.54, 1.807) is 0 Å². The molecule has 0 bridgehead atoms. The first-order chi connectivity index (χ1) is 13.1. The number of aryl methyl sites for hydroxylation is 1. The molecule has 2 aliphatic heterocycles. The number of aromatic nitrogens is 3. The Balaban J connectivity index is 1.31. The van der Waals surface area contributed by atoms with Crippen LogP contribution in [0, 0.1) is 6.92 Å². The molecule has 0 radical (unpaired) electrons. The number of likely N-dealkylation sites (N-methyl/N-ethyl adjacent to an activating group) is 1. The minimum atomic E-state index is 0.546. The number of likely N-dealkylation sites (tertiary alicyclic amines) is 1. The van der Waals surface area contributed by atoms with Gasteiger partial charge in [-0.15, -0.1) is 21.5 Å². The molecule has 0 spiro atoms. The van der Waals surface area contributed by atoms with Crippen molar-refractivity contribution >= 4 is 11.3 Å². The van der Waals surface area contributed by atoms with Crippen LogP contribution in [0.4, 0.5) is 0 Å². The summed E-state index contributed by atoms with van der Waals surface area (Å²) >= 11 is 1.93. The average molecular weight is 389 g/mol. The lowest BCUT2D eigenvalue weighted by molar-refractivity contribution is 0.144. The quantitative estimate of drug-likeness (QED) is 0.786. The number of piperidine rings is 1. The molecule has 148 valence electrons. The van der Waals surface area contributed by atoms with Crippen molar-refractivity contribution in [1.29, 1.82) is 0 Å². The molecule has 0 N–H and O–H groups in total. The summed E-state index contributed by atoms with van der Waals surface area (Å²) in [5.41, 5.74) is 0. The lowest BCUT2D eigenvalue weighted by Crippen LogP contribution is -2.44. The molecule has 7 heteroatoms. The van der Waals surface area contributed by atoms with E-state index in [2.05, 4.69) is 62.6 Å². The normalized spacial score (nSPS) is 21.1. The zero-order chi connectivity index (χ0) is 18.8. The smallest absolute Gasteiger partial charge is 0.146 e. The van der Waals surface area contributed by atoms with Gasteiger partial charge in [-0.25, -0.2) is 0 Å². The molecule has 0 amide bonds. The Kier molecular flexibility index (Phi) is 5.92. The van der Waals surface area contributed by atoms with Gasteiger partial charge in [0.1, 0.15) is 11.6 Å². The topological polar surface area (TPSA) is 40.4 Å². The van der Waals surface area contributed by atoms with Crippen molar-refractivity contribution in [2.75, 3.05) is 46.3 Å². The summed E-state index contributed by atoms with van der Waals surface area (Å²) in [7, 11) is 4.35. The van der Waals surface area contributed by atoms with Gasteiger partial charge in [0.15, 0.2) is 0 Å². The molecule has 2 aromatic rings. The number of rotatable bonds is 5. The monoisotopic (exact) mass is 388 g/mol. The molecule has 0 atom stereocenters. The fraction of sp³-hybridized carbons (Fsp3) is 0.700. The Morgan fingerprint density at radius 3 is 2.30 bits per heavy atom. The van der Waals surface area contributed by atoms with Crippen LogP contribution in [0.1, 0.15) is 40.2 Å². The first kappa shape index (κ1) is 19.1. The molecule has 6 nitrogen and oxygen atoms in total. The number of hydrogen-bond donors (Lipinski definition) is 0. The van der Waals surface area contributed by atoms with E-state index >= 15 is 0 Å². The maximum Gasteiger partial charge on any atom is 0.146 e. The Morgan fingerprint density at radius 2 is 1.63 bits per heavy atom. The zero-order valence-corrected chi connectivity index (χ0v) is 17.7. The highest BCUT2D eigenvalue weighted by Gasteiger charge is 2.26. The molecule has 4 heterocycles. The summed E-state index contributed by atoms with van der Waals surface area (Å²) in [5, 5.41) is 9.13. The van der Waals surface area contributed by atoms with Gasteiger partial charge in [0.05, 0.1) is 6.54 Å². The highest BCUT2D eigenvalue weighted by molar-refractivity contribution is 7.11. The van der Waals surface area contributed by atoms with E-state index in [0.717, 1.165) is 58.2 Å². The Hall–Kier alpha value is -1.28. The van der Waals surface area contributed by atoms with Gasteiger partial charge in [-0.3, -0.25) is 9.80 Å². The van der Waals surface area contributed by atoms with Crippen molar-refractivity contribution in [1.82, 2.24) is 29.5 Å². The fourth-order valence-electron chi connectivity index (χ4n) is 4.21. The van der Waals surface area contributed by atoms with Crippen LogP contribution in [0.5, 0.6) is 0 Å². The van der Waals surface area contributed by atoms with E-state index in [-0.39, 0.29) is 0 Å². The predicted molar refractivity (Wildman–Crippen MR) is 110 cm³/mol. The predicted octanol–water partition coefficient (Wildman–Crippen LogP) is 2.31. The number of nitrogens with zero attached hydrogens (tertiary/aromatic N) is 6. The number of hydrogen-bond acceptors (Lipinski definition) is 6. The van der Waals surface area contributed by atoms with Gasteiger partial charge in [-0.2, -0.15) is 0 Å². The van der Waals surface area contributed by atoms with E-state index in [0.29, 0.717) is 5.92 Å². The van der Waals surface area contributed by atoms with Gasteiger partial charge in [-0.05, 0) is 52.0 Å². The van der Waals surface area contributed by atoms with Crippen molar-refractivity contribution in [3.63, 3.8) is 0 Å². The van der Waals surface area contributed by atoms with Crippen LogP contribution < -0.4 is 0 Å². The maximum absolute atomic E-state index is 4.59. The van der Waals surface area contributed by atoms with Crippen molar-refractivity contribution in [3.05, 3.63) is 33.5 Å². The van der Waals surface area contributed by atoms with Crippen LogP contribution in [0.2, 0.25) is 0 Å². The third-order valence-electron chi connectivity index (χ3n) is 6.09. The van der Waals surface area contributed by atoms with Gasteiger partial charge in [0.2, 0.25) is 0 Å². The average Bonchev–Trinajstić information content (AvgIpc) is 3.24. The number of thiophene rings is 1. The third-order valence-corrected chi connectivity index (χ3v) is 7.07. The summed E-state index contributed by atoms with van der Waals surface area (Å²) < 4.78 is 2.27. The lowest BCUT2D eigenvalue weighted by Gasteiger charge is -2.32. The molecule has 0 aromatic carbocycles. The summed E-state index contributed by atoms with van der Waals surface area (Å²) in [6.45, 7) is 11.1. The molecule has 0 saturated carbocycles. The second kappa shape index (κ2) is 8.39. The van der Waals surface area contributed by atoms with E-state index in [1.807, 2.05) is 11.3 Å². The Labute approximate surface area is 166 Å². The standard InChI is InChI=1S/C20H32N6S/c1-16-4-5-18(27-16)14-25-8-6-17(7-9-25)20-22-21-19(24(20)3)15-26-12-10-23(2)11-13-26/h4-5,17H,6-15H2,1-3H3. The van der Waals surface area contributed by atoms with Gasteiger partial charge >= 0.3 is 0 Å². The molecular formula is C20H32N6S. The molecule has 0 aliphatic carbocycles. The summed E-state index contributed by atoms with van der Waals surface area (Å²) in [4.78, 5) is 10.4. The summed E-state index contributed by atoms with van der Waals surface area (Å²) in [6, 6.07) is 4.51. The van der Waals surface area contributed by atoms with Crippen molar-refractivity contribution in [2.45, 2.75) is 38.8 Å². The van der Waals surface area contributed by atoms with Crippen LogP contribution in [0.3, 0.4) is 0 Å². The van der Waals surface area contributed by atoms with Gasteiger partial charge in [0, 0.05) is 55.4 Å². The van der Waals surface area contributed by atoms with E-state index < -0.39 is 0 Å². The Bertz CT molecular complexity index is 737. The van der Waals surface area contributed by atoms with Crippen LogP contribution in [-0.4, -0.2) is 75.8 Å². The van der Waals surface area contributed by atoms with E-state index in [1.165, 1.54) is 28.4 Å². The minimum Gasteiger partial charge on any atom is -0.317 e. The van der Waals surface area contributed by atoms with E-state index in [4.69, 9.17) is 0 Å². The summed E-state index contributed by atoms with van der Waals surface area (Å²) in [5.74, 6) is 2.85. The van der Waals surface area contributed by atoms with Crippen molar-refractivity contribution in [3.8, 4) is 0 Å². The summed E-state index contributed by atoms with van der Waals surface area (Å²) in [6.07, 6.45) is 2.37. The number of piperazine rings is 1. The largest absolute Gasteiger partial charge is 0.317 e. The third kappa shape index (κ3) is 4.59. The van der Waals surface area contributed by atoms with Crippen LogP contribution in [-0.2, 0) is 20.1 Å². The lowest BCUT2D eigenvalue weighted by atomic mass is 9.96. The first-order valence-corrected chi connectivity index (χ1v) is 11.0. The van der Waals surface area contributed by atoms with E-state index in [9.17, 15) is 0 Å². The second-order valence-corrected chi connectivity index (χ2v) is 9.55. The molecule has 2 fully saturated rings. The fourth-order valence-corrected chi connectivity index (χ4v) is 5.15. The van der Waals surface area contributed by atoms with Crippen LogP contribution in [0.15, 0.2) is 12.1 Å². The SMILES string of the molecule is Cc1ccc(CN2CCC(c3nnc(CN4CCN(C)CC4)n3C)CC2)s1. The highest BCUT2D eigenvalue weighted by Crippen LogP contribution is 2.28. The first-order valence-electron chi connectivity index (χ1n) is 10.1. The minimum absolute atomic E-state index is 0.546. The highest BCUT2D eigenvalue weighted by atomic mass is 32.1.